The monoisotopic (exact) mass is 240 g/mol. The number of ether oxygens (including phenoxy) is 1. The number of rotatable bonds is 4. The Bertz CT molecular complexity index is 216. The van der Waals surface area contributed by atoms with Crippen molar-refractivity contribution in [2.45, 2.75) is 63.1 Å². The van der Waals surface area contributed by atoms with Gasteiger partial charge < -0.3 is 15.0 Å². The third-order valence-electron chi connectivity index (χ3n) is 4.48. The van der Waals surface area contributed by atoms with E-state index in [1.807, 2.05) is 7.11 Å². The van der Waals surface area contributed by atoms with E-state index in [2.05, 4.69) is 17.3 Å². The van der Waals surface area contributed by atoms with Crippen LogP contribution in [-0.4, -0.2) is 50.3 Å². The molecular formula is C14H28N2O. The number of hydrogen-bond acceptors (Lipinski definition) is 3. The highest BCUT2D eigenvalue weighted by atomic mass is 16.5. The molecule has 2 fully saturated rings. The lowest BCUT2D eigenvalue weighted by atomic mass is 9.91. The van der Waals surface area contributed by atoms with Gasteiger partial charge in [-0.15, -0.1) is 0 Å². The Hall–Kier alpha value is -0.120. The molecule has 1 heterocycles. The first-order valence-corrected chi connectivity index (χ1v) is 7.26. The highest BCUT2D eigenvalue weighted by Gasteiger charge is 2.26. The summed E-state index contributed by atoms with van der Waals surface area (Å²) in [7, 11) is 4.15. The van der Waals surface area contributed by atoms with E-state index in [0.717, 1.165) is 12.1 Å². The molecule has 1 saturated carbocycles. The molecule has 0 bridgehead atoms. The summed E-state index contributed by atoms with van der Waals surface area (Å²) in [5.41, 5.74) is 0. The largest absolute Gasteiger partial charge is 0.381 e. The number of nitrogens with one attached hydrogen (secondary N) is 1. The normalized spacial score (nSPS) is 35.1. The smallest absolute Gasteiger partial charge is 0.0586 e. The quantitative estimate of drug-likeness (QED) is 0.813. The molecule has 1 aliphatic carbocycles. The van der Waals surface area contributed by atoms with E-state index in [1.165, 1.54) is 58.0 Å². The van der Waals surface area contributed by atoms with Gasteiger partial charge in [0.25, 0.3) is 0 Å². The van der Waals surface area contributed by atoms with Crippen LogP contribution in [0.3, 0.4) is 0 Å². The van der Waals surface area contributed by atoms with E-state index in [9.17, 15) is 0 Å². The van der Waals surface area contributed by atoms with Crippen molar-refractivity contribution in [1.82, 2.24) is 10.2 Å². The molecule has 0 radical (unpaired) electrons. The third-order valence-corrected chi connectivity index (χ3v) is 4.48. The number of hydrogen-bond donors (Lipinski definition) is 1. The molecule has 0 aromatic carbocycles. The fraction of sp³-hybridized carbons (Fsp3) is 1.00. The molecule has 0 aromatic heterocycles. The maximum atomic E-state index is 5.52. The van der Waals surface area contributed by atoms with Crippen LogP contribution >= 0.6 is 0 Å². The molecule has 17 heavy (non-hydrogen) atoms. The van der Waals surface area contributed by atoms with Gasteiger partial charge in [0.05, 0.1) is 6.10 Å². The summed E-state index contributed by atoms with van der Waals surface area (Å²) in [4.78, 5) is 2.56. The van der Waals surface area contributed by atoms with E-state index in [4.69, 9.17) is 4.74 Å². The zero-order chi connectivity index (χ0) is 12.1. The molecule has 3 nitrogen and oxygen atoms in total. The Balaban J connectivity index is 1.75. The number of methoxy groups -OCH3 is 1. The van der Waals surface area contributed by atoms with Gasteiger partial charge in [-0.05, 0) is 52.1 Å². The van der Waals surface area contributed by atoms with Gasteiger partial charge in [0.1, 0.15) is 0 Å². The molecule has 2 aliphatic rings. The molecule has 3 atom stereocenters. The van der Waals surface area contributed by atoms with Crippen molar-refractivity contribution in [3.8, 4) is 0 Å². The highest BCUT2D eigenvalue weighted by molar-refractivity contribution is 4.83. The molecule has 3 unspecified atom stereocenters. The molecule has 100 valence electrons. The lowest BCUT2D eigenvalue weighted by Crippen LogP contribution is -2.47. The van der Waals surface area contributed by atoms with Gasteiger partial charge in [-0.3, -0.25) is 0 Å². The second-order valence-corrected chi connectivity index (χ2v) is 5.76. The lowest BCUT2D eigenvalue weighted by Gasteiger charge is -2.37. The first-order valence-electron chi connectivity index (χ1n) is 7.26. The van der Waals surface area contributed by atoms with Crippen LogP contribution in [0.1, 0.15) is 44.9 Å². The first kappa shape index (κ1) is 13.3. The van der Waals surface area contributed by atoms with Gasteiger partial charge in [-0.1, -0.05) is 6.42 Å². The lowest BCUT2D eigenvalue weighted by molar-refractivity contribution is 0.0318. The molecule has 1 aliphatic heterocycles. The van der Waals surface area contributed by atoms with Crippen LogP contribution in [0.15, 0.2) is 0 Å². The zero-order valence-electron chi connectivity index (χ0n) is 11.5. The summed E-state index contributed by atoms with van der Waals surface area (Å²) in [6.07, 6.45) is 9.75. The summed E-state index contributed by atoms with van der Waals surface area (Å²) < 4.78 is 5.52. The van der Waals surface area contributed by atoms with Crippen LogP contribution in [-0.2, 0) is 4.74 Å². The third kappa shape index (κ3) is 3.94. The van der Waals surface area contributed by atoms with E-state index in [0.29, 0.717) is 6.10 Å². The summed E-state index contributed by atoms with van der Waals surface area (Å²) in [5.74, 6) is 0. The summed E-state index contributed by atoms with van der Waals surface area (Å²) >= 11 is 0. The van der Waals surface area contributed by atoms with Gasteiger partial charge in [0.2, 0.25) is 0 Å². The van der Waals surface area contributed by atoms with Crippen LogP contribution in [0.2, 0.25) is 0 Å². The van der Waals surface area contributed by atoms with E-state index < -0.39 is 0 Å². The Kier molecular flexibility index (Phi) is 5.26. The molecule has 0 spiro atoms. The Labute approximate surface area is 106 Å². The van der Waals surface area contributed by atoms with Crippen molar-refractivity contribution < 1.29 is 4.74 Å². The fourth-order valence-electron chi connectivity index (χ4n) is 3.31. The molecule has 0 aromatic rings. The number of likely N-dealkylation sites (N-methyl/N-ethyl adjacent to an activating group) is 1. The summed E-state index contributed by atoms with van der Waals surface area (Å²) in [6.45, 7) is 2.42. The summed E-state index contributed by atoms with van der Waals surface area (Å²) in [6, 6.07) is 1.45. The Morgan fingerprint density at radius 2 is 2.06 bits per heavy atom. The zero-order valence-corrected chi connectivity index (χ0v) is 11.5. The SMILES string of the molecule is COC1CCCC(N(C)CC2CCCCN2)C1. The number of nitrogens with zero attached hydrogens (tertiary/aromatic N) is 1. The maximum Gasteiger partial charge on any atom is 0.0586 e. The second-order valence-electron chi connectivity index (χ2n) is 5.76. The van der Waals surface area contributed by atoms with Crippen LogP contribution < -0.4 is 5.32 Å². The van der Waals surface area contributed by atoms with Crippen LogP contribution in [0.5, 0.6) is 0 Å². The van der Waals surface area contributed by atoms with Gasteiger partial charge >= 0.3 is 0 Å². The van der Waals surface area contributed by atoms with E-state index in [1.54, 1.807) is 0 Å². The van der Waals surface area contributed by atoms with Crippen LogP contribution in [0.25, 0.3) is 0 Å². The predicted octanol–water partition coefficient (Wildman–Crippen LogP) is 2.02. The van der Waals surface area contributed by atoms with Crippen molar-refractivity contribution in [3.63, 3.8) is 0 Å². The highest BCUT2D eigenvalue weighted by Crippen LogP contribution is 2.24. The molecule has 0 amide bonds. The van der Waals surface area contributed by atoms with Gasteiger partial charge in [-0.2, -0.15) is 0 Å². The number of piperidine rings is 1. The molecule has 1 N–H and O–H groups in total. The van der Waals surface area contributed by atoms with E-state index in [-0.39, 0.29) is 0 Å². The average Bonchev–Trinajstić information content (AvgIpc) is 2.40. The fourth-order valence-corrected chi connectivity index (χ4v) is 3.31. The van der Waals surface area contributed by atoms with Crippen molar-refractivity contribution >= 4 is 0 Å². The maximum absolute atomic E-state index is 5.52. The molecule has 2 rings (SSSR count). The van der Waals surface area contributed by atoms with Crippen LogP contribution in [0.4, 0.5) is 0 Å². The second kappa shape index (κ2) is 6.72. The minimum atomic E-state index is 0.496. The molecular weight excluding hydrogens is 212 g/mol. The average molecular weight is 240 g/mol. The minimum absolute atomic E-state index is 0.496. The Morgan fingerprint density at radius 1 is 1.18 bits per heavy atom. The minimum Gasteiger partial charge on any atom is -0.381 e. The van der Waals surface area contributed by atoms with Crippen molar-refractivity contribution in [1.29, 1.82) is 0 Å². The van der Waals surface area contributed by atoms with Gasteiger partial charge in [0, 0.05) is 25.7 Å². The van der Waals surface area contributed by atoms with Gasteiger partial charge in [0.15, 0.2) is 0 Å². The van der Waals surface area contributed by atoms with Crippen LogP contribution in [0, 0.1) is 0 Å². The standard InChI is InChI=1S/C14H28N2O/c1-16(11-12-6-3-4-9-15-12)13-7-5-8-14(10-13)17-2/h12-15H,3-11H2,1-2H3. The first-order chi connectivity index (χ1) is 8.29. The topological polar surface area (TPSA) is 24.5 Å². The predicted molar refractivity (Wildman–Crippen MR) is 71.3 cm³/mol. The summed E-state index contributed by atoms with van der Waals surface area (Å²) in [5, 5.41) is 3.64. The van der Waals surface area contributed by atoms with Crippen molar-refractivity contribution in [2.24, 2.45) is 0 Å². The molecule has 1 saturated heterocycles. The van der Waals surface area contributed by atoms with Crippen molar-refractivity contribution in [3.05, 3.63) is 0 Å². The molecule has 3 heteroatoms. The van der Waals surface area contributed by atoms with Crippen molar-refractivity contribution in [2.75, 3.05) is 27.2 Å². The Morgan fingerprint density at radius 3 is 2.76 bits per heavy atom. The van der Waals surface area contributed by atoms with E-state index >= 15 is 0 Å². The van der Waals surface area contributed by atoms with Gasteiger partial charge in [-0.25, -0.2) is 0 Å².